The van der Waals surface area contributed by atoms with E-state index in [1.54, 1.807) is 13.0 Å². The summed E-state index contributed by atoms with van der Waals surface area (Å²) in [5, 5.41) is 11.4. The lowest BCUT2D eigenvalue weighted by atomic mass is 9.96. The van der Waals surface area contributed by atoms with Gasteiger partial charge in [0.25, 0.3) is 0 Å². The molecule has 0 saturated carbocycles. The zero-order valence-electron chi connectivity index (χ0n) is 8.78. The summed E-state index contributed by atoms with van der Waals surface area (Å²) in [6, 6.07) is 0. The van der Waals surface area contributed by atoms with Crippen LogP contribution in [-0.4, -0.2) is 23.5 Å². The van der Waals surface area contributed by atoms with E-state index in [-0.39, 0.29) is 18.4 Å². The van der Waals surface area contributed by atoms with E-state index in [4.69, 9.17) is 5.11 Å². The summed E-state index contributed by atoms with van der Waals surface area (Å²) in [6.07, 6.45) is 2.99. The van der Waals surface area contributed by atoms with Crippen LogP contribution in [0.3, 0.4) is 0 Å². The van der Waals surface area contributed by atoms with Crippen LogP contribution in [0.5, 0.6) is 0 Å². The average molecular weight is 199 g/mol. The molecule has 0 aromatic rings. The SMILES string of the molecule is C/C=C/C(=O)NCC(C(=O)O)C(C)C. The minimum Gasteiger partial charge on any atom is -0.481 e. The molecule has 0 spiro atoms. The molecule has 0 aromatic heterocycles. The van der Waals surface area contributed by atoms with Crippen molar-refractivity contribution in [3.63, 3.8) is 0 Å². The lowest BCUT2D eigenvalue weighted by molar-refractivity contribution is -0.143. The molecule has 2 N–H and O–H groups in total. The summed E-state index contributed by atoms with van der Waals surface area (Å²) < 4.78 is 0. The second-order valence-electron chi connectivity index (χ2n) is 3.43. The first-order valence-corrected chi connectivity index (χ1v) is 4.62. The van der Waals surface area contributed by atoms with Crippen LogP contribution in [-0.2, 0) is 9.59 Å². The van der Waals surface area contributed by atoms with Gasteiger partial charge in [-0.15, -0.1) is 0 Å². The molecule has 1 amide bonds. The largest absolute Gasteiger partial charge is 0.481 e. The third-order valence-electron chi connectivity index (χ3n) is 1.94. The van der Waals surface area contributed by atoms with Gasteiger partial charge in [-0.25, -0.2) is 0 Å². The monoisotopic (exact) mass is 199 g/mol. The molecule has 0 aliphatic rings. The third kappa shape index (κ3) is 4.64. The first kappa shape index (κ1) is 12.7. The van der Waals surface area contributed by atoms with E-state index in [0.717, 1.165) is 0 Å². The number of nitrogens with one attached hydrogen (secondary N) is 1. The number of carbonyl (C=O) groups is 2. The van der Waals surface area contributed by atoms with Crippen molar-refractivity contribution in [2.75, 3.05) is 6.54 Å². The van der Waals surface area contributed by atoms with E-state index in [0.29, 0.717) is 0 Å². The molecule has 0 rings (SSSR count). The molecule has 0 aliphatic carbocycles. The van der Waals surface area contributed by atoms with Crippen molar-refractivity contribution in [3.05, 3.63) is 12.2 Å². The van der Waals surface area contributed by atoms with Gasteiger partial charge in [-0.3, -0.25) is 9.59 Å². The second kappa shape index (κ2) is 6.18. The predicted octanol–water partition coefficient (Wildman–Crippen LogP) is 1.04. The maximum Gasteiger partial charge on any atom is 0.308 e. The standard InChI is InChI=1S/C10H17NO3/c1-4-5-9(12)11-6-8(7(2)3)10(13)14/h4-5,7-8H,6H2,1-3H3,(H,11,12)(H,13,14)/b5-4+. The lowest BCUT2D eigenvalue weighted by Gasteiger charge is -2.15. The zero-order valence-corrected chi connectivity index (χ0v) is 8.78. The number of carboxylic acids is 1. The Balaban J connectivity index is 4.07. The highest BCUT2D eigenvalue weighted by Crippen LogP contribution is 2.09. The molecule has 0 bridgehead atoms. The summed E-state index contributed by atoms with van der Waals surface area (Å²) in [5.41, 5.74) is 0. The fourth-order valence-electron chi connectivity index (χ4n) is 1.03. The maximum absolute atomic E-state index is 11.0. The molecule has 4 nitrogen and oxygen atoms in total. The Morgan fingerprint density at radius 3 is 2.36 bits per heavy atom. The molecule has 0 aliphatic heterocycles. The summed E-state index contributed by atoms with van der Waals surface area (Å²) in [6.45, 7) is 5.55. The highest BCUT2D eigenvalue weighted by atomic mass is 16.4. The van der Waals surface area contributed by atoms with Gasteiger partial charge in [-0.2, -0.15) is 0 Å². The summed E-state index contributed by atoms with van der Waals surface area (Å²) in [4.78, 5) is 21.7. The summed E-state index contributed by atoms with van der Waals surface area (Å²) >= 11 is 0. The lowest BCUT2D eigenvalue weighted by Crippen LogP contribution is -2.34. The van der Waals surface area contributed by atoms with E-state index in [1.165, 1.54) is 6.08 Å². The van der Waals surface area contributed by atoms with Crippen LogP contribution >= 0.6 is 0 Å². The second-order valence-corrected chi connectivity index (χ2v) is 3.43. The number of allylic oxidation sites excluding steroid dienone is 1. The first-order chi connectivity index (χ1) is 6.49. The summed E-state index contributed by atoms with van der Waals surface area (Å²) in [5.74, 6) is -1.64. The van der Waals surface area contributed by atoms with Gasteiger partial charge in [0.15, 0.2) is 0 Å². The first-order valence-electron chi connectivity index (χ1n) is 4.62. The number of carboxylic acid groups (broad SMARTS) is 1. The molecule has 0 heterocycles. The minimum atomic E-state index is -0.874. The molecular weight excluding hydrogens is 182 g/mol. The smallest absolute Gasteiger partial charge is 0.308 e. The van der Waals surface area contributed by atoms with Crippen LogP contribution in [0.1, 0.15) is 20.8 Å². The molecule has 0 aromatic carbocycles. The van der Waals surface area contributed by atoms with Crippen LogP contribution < -0.4 is 5.32 Å². The number of rotatable bonds is 5. The van der Waals surface area contributed by atoms with Crippen molar-refractivity contribution in [1.29, 1.82) is 0 Å². The normalized spacial score (nSPS) is 13.1. The van der Waals surface area contributed by atoms with Crippen molar-refractivity contribution in [2.45, 2.75) is 20.8 Å². The Kier molecular flexibility index (Phi) is 5.60. The number of aliphatic carboxylic acids is 1. The third-order valence-corrected chi connectivity index (χ3v) is 1.94. The Morgan fingerprint density at radius 2 is 2.00 bits per heavy atom. The van der Waals surface area contributed by atoms with Gasteiger partial charge in [-0.05, 0) is 18.9 Å². The highest BCUT2D eigenvalue weighted by molar-refractivity contribution is 5.87. The summed E-state index contributed by atoms with van der Waals surface area (Å²) in [7, 11) is 0. The van der Waals surface area contributed by atoms with E-state index < -0.39 is 11.9 Å². The zero-order chi connectivity index (χ0) is 11.1. The Morgan fingerprint density at radius 1 is 1.43 bits per heavy atom. The fourth-order valence-corrected chi connectivity index (χ4v) is 1.03. The number of carbonyl (C=O) groups excluding carboxylic acids is 1. The van der Waals surface area contributed by atoms with E-state index >= 15 is 0 Å². The van der Waals surface area contributed by atoms with Crippen LogP contribution in [0.4, 0.5) is 0 Å². The van der Waals surface area contributed by atoms with Crippen molar-refractivity contribution in [1.82, 2.24) is 5.32 Å². The van der Waals surface area contributed by atoms with Crippen LogP contribution in [0.25, 0.3) is 0 Å². The van der Waals surface area contributed by atoms with Crippen LogP contribution in [0.15, 0.2) is 12.2 Å². The molecule has 0 radical (unpaired) electrons. The van der Waals surface area contributed by atoms with Crippen molar-refractivity contribution in [3.8, 4) is 0 Å². The Bertz CT molecular complexity index is 234. The Hall–Kier alpha value is -1.32. The van der Waals surface area contributed by atoms with Crippen molar-refractivity contribution < 1.29 is 14.7 Å². The molecule has 1 atom stereocenters. The maximum atomic E-state index is 11.0. The number of hydrogen-bond donors (Lipinski definition) is 2. The van der Waals surface area contributed by atoms with E-state index in [2.05, 4.69) is 5.32 Å². The molecule has 0 fully saturated rings. The molecule has 4 heteroatoms. The number of hydrogen-bond acceptors (Lipinski definition) is 2. The van der Waals surface area contributed by atoms with Gasteiger partial charge in [0.2, 0.25) is 5.91 Å². The van der Waals surface area contributed by atoms with Gasteiger partial charge in [-0.1, -0.05) is 19.9 Å². The predicted molar refractivity (Wildman–Crippen MR) is 53.8 cm³/mol. The van der Waals surface area contributed by atoms with E-state index in [1.807, 2.05) is 13.8 Å². The number of amides is 1. The molecular formula is C10H17NO3. The minimum absolute atomic E-state index is 0.0124. The van der Waals surface area contributed by atoms with Gasteiger partial charge < -0.3 is 10.4 Å². The topological polar surface area (TPSA) is 66.4 Å². The molecule has 14 heavy (non-hydrogen) atoms. The van der Waals surface area contributed by atoms with Crippen molar-refractivity contribution >= 4 is 11.9 Å². The van der Waals surface area contributed by atoms with Gasteiger partial charge in [0, 0.05) is 6.54 Å². The molecule has 0 saturated heterocycles. The van der Waals surface area contributed by atoms with E-state index in [9.17, 15) is 9.59 Å². The quantitative estimate of drug-likeness (QED) is 0.650. The van der Waals surface area contributed by atoms with Gasteiger partial charge in [0.05, 0.1) is 5.92 Å². The van der Waals surface area contributed by atoms with Crippen LogP contribution in [0, 0.1) is 11.8 Å². The average Bonchev–Trinajstić information content (AvgIpc) is 2.03. The molecule has 1 unspecified atom stereocenters. The fraction of sp³-hybridized carbons (Fsp3) is 0.600. The van der Waals surface area contributed by atoms with Gasteiger partial charge >= 0.3 is 5.97 Å². The van der Waals surface area contributed by atoms with Crippen LogP contribution in [0.2, 0.25) is 0 Å². The van der Waals surface area contributed by atoms with Crippen molar-refractivity contribution in [2.24, 2.45) is 11.8 Å². The highest BCUT2D eigenvalue weighted by Gasteiger charge is 2.21. The van der Waals surface area contributed by atoms with Gasteiger partial charge in [0.1, 0.15) is 0 Å². The molecule has 80 valence electrons. The Labute approximate surface area is 84.0 Å².